The SMILES string of the molecule is C[C@@H](Sc1nnc(CN2CCCC2=O)n1-c1ccccn1)C(=O)Nc1cc(Cl)ccc1Cl. The molecule has 1 aromatic carbocycles. The van der Waals surface area contributed by atoms with E-state index in [0.29, 0.717) is 52.0 Å². The van der Waals surface area contributed by atoms with Gasteiger partial charge in [-0.3, -0.25) is 14.2 Å². The molecule has 3 aromatic rings. The van der Waals surface area contributed by atoms with Crippen molar-refractivity contribution >= 4 is 52.5 Å². The second-order valence-corrected chi connectivity index (χ2v) is 9.37. The Labute approximate surface area is 199 Å². The molecule has 1 atom stereocenters. The van der Waals surface area contributed by atoms with Gasteiger partial charge in [0.25, 0.3) is 0 Å². The van der Waals surface area contributed by atoms with E-state index in [-0.39, 0.29) is 11.8 Å². The fourth-order valence-corrected chi connectivity index (χ4v) is 4.49. The molecular formula is C21H20Cl2N6O2S. The summed E-state index contributed by atoms with van der Waals surface area (Å²) in [5, 5.41) is 12.3. The number of nitrogens with one attached hydrogen (secondary N) is 1. The second-order valence-electron chi connectivity index (χ2n) is 7.21. The van der Waals surface area contributed by atoms with Gasteiger partial charge in [0.2, 0.25) is 11.8 Å². The van der Waals surface area contributed by atoms with E-state index in [9.17, 15) is 9.59 Å². The fourth-order valence-electron chi connectivity index (χ4n) is 3.28. The summed E-state index contributed by atoms with van der Waals surface area (Å²) in [5.74, 6) is 1.05. The van der Waals surface area contributed by atoms with E-state index in [2.05, 4.69) is 20.5 Å². The van der Waals surface area contributed by atoms with Gasteiger partial charge >= 0.3 is 0 Å². The molecule has 3 heterocycles. The van der Waals surface area contributed by atoms with Crippen LogP contribution in [0.5, 0.6) is 0 Å². The molecule has 2 amide bonds. The van der Waals surface area contributed by atoms with Crippen LogP contribution in [0.4, 0.5) is 5.69 Å². The first-order chi connectivity index (χ1) is 15.4. The Hall–Kier alpha value is -2.62. The Balaban J connectivity index is 1.56. The number of hydrogen-bond donors (Lipinski definition) is 1. The summed E-state index contributed by atoms with van der Waals surface area (Å²) in [7, 11) is 0. The number of carbonyl (C=O) groups excluding carboxylic acids is 2. The number of rotatable bonds is 7. The fraction of sp³-hybridized carbons (Fsp3) is 0.286. The van der Waals surface area contributed by atoms with Gasteiger partial charge in [-0.15, -0.1) is 10.2 Å². The summed E-state index contributed by atoms with van der Waals surface area (Å²) in [6, 6.07) is 10.4. The monoisotopic (exact) mass is 490 g/mol. The van der Waals surface area contributed by atoms with Gasteiger partial charge in [-0.05, 0) is 43.7 Å². The number of aromatic nitrogens is 4. The Morgan fingerprint density at radius 3 is 2.81 bits per heavy atom. The Morgan fingerprint density at radius 2 is 2.09 bits per heavy atom. The van der Waals surface area contributed by atoms with Gasteiger partial charge in [0, 0.05) is 24.2 Å². The van der Waals surface area contributed by atoms with Gasteiger partial charge in [-0.25, -0.2) is 4.98 Å². The van der Waals surface area contributed by atoms with Crippen LogP contribution in [0.3, 0.4) is 0 Å². The largest absolute Gasteiger partial charge is 0.335 e. The lowest BCUT2D eigenvalue weighted by Gasteiger charge is -2.17. The Bertz CT molecular complexity index is 1140. The number of thioether (sulfide) groups is 1. The highest BCUT2D eigenvalue weighted by molar-refractivity contribution is 8.00. The average molecular weight is 491 g/mol. The summed E-state index contributed by atoms with van der Waals surface area (Å²) in [5.41, 5.74) is 0.441. The van der Waals surface area contributed by atoms with Crippen molar-refractivity contribution in [1.82, 2.24) is 24.6 Å². The van der Waals surface area contributed by atoms with Crippen LogP contribution in [0, 0.1) is 0 Å². The second kappa shape index (κ2) is 9.89. The van der Waals surface area contributed by atoms with Crippen molar-refractivity contribution in [1.29, 1.82) is 0 Å². The van der Waals surface area contributed by atoms with E-state index >= 15 is 0 Å². The van der Waals surface area contributed by atoms with E-state index in [1.54, 1.807) is 40.8 Å². The van der Waals surface area contributed by atoms with E-state index in [1.165, 1.54) is 11.8 Å². The maximum absolute atomic E-state index is 12.8. The van der Waals surface area contributed by atoms with Crippen LogP contribution >= 0.6 is 35.0 Å². The van der Waals surface area contributed by atoms with Crippen LogP contribution in [0.15, 0.2) is 47.8 Å². The lowest BCUT2D eigenvalue weighted by Crippen LogP contribution is -2.26. The van der Waals surface area contributed by atoms with Crippen LogP contribution < -0.4 is 5.32 Å². The van der Waals surface area contributed by atoms with E-state index in [1.807, 2.05) is 18.2 Å². The third kappa shape index (κ3) is 5.06. The van der Waals surface area contributed by atoms with Gasteiger partial charge in [0.15, 0.2) is 11.0 Å². The molecule has 1 aliphatic heterocycles. The third-order valence-electron chi connectivity index (χ3n) is 4.92. The molecule has 1 fully saturated rings. The van der Waals surface area contributed by atoms with Gasteiger partial charge in [-0.2, -0.15) is 0 Å². The van der Waals surface area contributed by atoms with Crippen molar-refractivity contribution in [2.24, 2.45) is 0 Å². The van der Waals surface area contributed by atoms with Crippen LogP contribution in [0.2, 0.25) is 10.0 Å². The minimum Gasteiger partial charge on any atom is -0.335 e. The molecule has 2 aromatic heterocycles. The highest BCUT2D eigenvalue weighted by atomic mass is 35.5. The molecule has 4 rings (SSSR count). The molecule has 0 unspecified atom stereocenters. The number of amides is 2. The molecule has 0 radical (unpaired) electrons. The molecule has 0 aliphatic carbocycles. The van der Waals surface area contributed by atoms with Crippen molar-refractivity contribution in [2.45, 2.75) is 36.7 Å². The van der Waals surface area contributed by atoms with Crippen molar-refractivity contribution in [2.75, 3.05) is 11.9 Å². The molecule has 11 heteroatoms. The average Bonchev–Trinajstić information content (AvgIpc) is 3.37. The van der Waals surface area contributed by atoms with E-state index < -0.39 is 5.25 Å². The number of likely N-dealkylation sites (tertiary alicyclic amines) is 1. The van der Waals surface area contributed by atoms with Crippen molar-refractivity contribution < 1.29 is 9.59 Å². The van der Waals surface area contributed by atoms with Gasteiger partial charge in [0.05, 0.1) is 22.5 Å². The van der Waals surface area contributed by atoms with Crippen LogP contribution in [-0.2, 0) is 16.1 Å². The molecule has 0 saturated carbocycles. The predicted molar refractivity (Wildman–Crippen MR) is 124 cm³/mol. The number of nitrogens with zero attached hydrogens (tertiary/aromatic N) is 5. The first-order valence-corrected chi connectivity index (χ1v) is 11.6. The summed E-state index contributed by atoms with van der Waals surface area (Å²) < 4.78 is 1.78. The van der Waals surface area contributed by atoms with Gasteiger partial charge in [0.1, 0.15) is 5.82 Å². The zero-order valence-corrected chi connectivity index (χ0v) is 19.5. The predicted octanol–water partition coefficient (Wildman–Crippen LogP) is 4.21. The van der Waals surface area contributed by atoms with E-state index in [4.69, 9.17) is 23.2 Å². The molecule has 8 nitrogen and oxygen atoms in total. The van der Waals surface area contributed by atoms with Crippen LogP contribution in [0.25, 0.3) is 5.82 Å². The number of pyridine rings is 1. The maximum Gasteiger partial charge on any atom is 0.237 e. The van der Waals surface area contributed by atoms with Gasteiger partial charge < -0.3 is 10.2 Å². The summed E-state index contributed by atoms with van der Waals surface area (Å²) in [4.78, 5) is 31.1. The molecule has 166 valence electrons. The maximum atomic E-state index is 12.8. The standard InChI is InChI=1S/C21H20Cl2N6O2S/c1-13(20(31)25-16-11-14(22)7-8-15(16)23)32-21-27-26-18(12-28-10-4-6-19(28)30)29(21)17-5-2-3-9-24-17/h2-3,5,7-9,11,13H,4,6,10,12H2,1H3,(H,25,31)/t13-/m1/s1. The minimum absolute atomic E-state index is 0.0981. The normalized spacial score (nSPS) is 14.6. The summed E-state index contributed by atoms with van der Waals surface area (Å²) >= 11 is 13.4. The highest BCUT2D eigenvalue weighted by Gasteiger charge is 2.26. The minimum atomic E-state index is -0.516. The molecule has 32 heavy (non-hydrogen) atoms. The number of carbonyl (C=O) groups is 2. The third-order valence-corrected chi connectivity index (χ3v) is 6.53. The lowest BCUT2D eigenvalue weighted by molar-refractivity contribution is -0.128. The molecule has 1 aliphatic rings. The Kier molecular flexibility index (Phi) is 6.98. The quantitative estimate of drug-likeness (QED) is 0.498. The molecule has 1 saturated heterocycles. The zero-order valence-electron chi connectivity index (χ0n) is 17.2. The molecule has 1 N–H and O–H groups in total. The van der Waals surface area contributed by atoms with Crippen molar-refractivity contribution in [3.8, 4) is 5.82 Å². The Morgan fingerprint density at radius 1 is 1.25 bits per heavy atom. The number of benzene rings is 1. The first kappa shape index (κ1) is 22.6. The van der Waals surface area contributed by atoms with Crippen LogP contribution in [-0.4, -0.2) is 48.3 Å². The van der Waals surface area contributed by atoms with Crippen LogP contribution in [0.1, 0.15) is 25.6 Å². The lowest BCUT2D eigenvalue weighted by atomic mass is 10.3. The summed E-state index contributed by atoms with van der Waals surface area (Å²) in [6.45, 7) is 2.79. The number of hydrogen-bond acceptors (Lipinski definition) is 6. The number of anilines is 1. The van der Waals surface area contributed by atoms with Gasteiger partial charge in [-0.1, -0.05) is 41.0 Å². The molecular weight excluding hydrogens is 471 g/mol. The smallest absolute Gasteiger partial charge is 0.237 e. The topological polar surface area (TPSA) is 93.0 Å². The summed E-state index contributed by atoms with van der Waals surface area (Å²) in [6.07, 6.45) is 3.05. The first-order valence-electron chi connectivity index (χ1n) is 9.98. The molecule has 0 bridgehead atoms. The van der Waals surface area contributed by atoms with Crippen molar-refractivity contribution in [3.05, 3.63) is 58.5 Å². The van der Waals surface area contributed by atoms with E-state index in [0.717, 1.165) is 6.42 Å². The highest BCUT2D eigenvalue weighted by Crippen LogP contribution is 2.29. The zero-order chi connectivity index (χ0) is 22.7. The van der Waals surface area contributed by atoms with Crippen molar-refractivity contribution in [3.63, 3.8) is 0 Å². The molecule has 0 spiro atoms. The number of halogens is 2.